The number of esters is 1. The predicted octanol–water partition coefficient (Wildman–Crippen LogP) is 5.01. The maximum atomic E-state index is 12.4. The van der Waals surface area contributed by atoms with Crippen molar-refractivity contribution in [2.24, 2.45) is 0 Å². The second-order valence-corrected chi connectivity index (χ2v) is 7.61. The Hall–Kier alpha value is -2.63. The van der Waals surface area contributed by atoms with Gasteiger partial charge in [-0.1, -0.05) is 12.1 Å². The summed E-state index contributed by atoms with van der Waals surface area (Å²) in [4.78, 5) is 23.9. The molecular formula is C21H18Br2N2O4. The van der Waals surface area contributed by atoms with Gasteiger partial charge in [-0.15, -0.1) is 0 Å². The molecule has 0 aliphatic carbocycles. The van der Waals surface area contributed by atoms with Crippen molar-refractivity contribution < 1.29 is 19.1 Å². The van der Waals surface area contributed by atoms with Crippen molar-refractivity contribution in [3.63, 3.8) is 0 Å². The van der Waals surface area contributed by atoms with E-state index in [4.69, 9.17) is 9.47 Å². The molecule has 0 aliphatic rings. The molecular weight excluding hydrogens is 504 g/mol. The highest BCUT2D eigenvalue weighted by molar-refractivity contribution is 9.11. The summed E-state index contributed by atoms with van der Waals surface area (Å²) in [6.45, 7) is 3.67. The van der Waals surface area contributed by atoms with Crippen LogP contribution in [0.2, 0.25) is 0 Å². The van der Waals surface area contributed by atoms with Crippen LogP contribution < -0.4 is 10.1 Å². The van der Waals surface area contributed by atoms with Crippen LogP contribution in [0, 0.1) is 18.3 Å². The van der Waals surface area contributed by atoms with Crippen LogP contribution in [-0.2, 0) is 14.3 Å². The Balaban J connectivity index is 2.19. The minimum absolute atomic E-state index is 0.0505. The summed E-state index contributed by atoms with van der Waals surface area (Å²) >= 11 is 6.76. The third-order valence-electron chi connectivity index (χ3n) is 3.61. The highest BCUT2D eigenvalue weighted by Crippen LogP contribution is 2.35. The molecule has 0 saturated carbocycles. The number of halogens is 2. The normalized spacial score (nSPS) is 10.8. The Morgan fingerprint density at radius 3 is 2.48 bits per heavy atom. The molecule has 2 rings (SSSR count). The van der Waals surface area contributed by atoms with Crippen LogP contribution in [0.25, 0.3) is 6.08 Å². The lowest BCUT2D eigenvalue weighted by atomic mass is 10.1. The molecule has 2 aromatic carbocycles. The van der Waals surface area contributed by atoms with Gasteiger partial charge in [-0.25, -0.2) is 4.79 Å². The molecule has 0 radical (unpaired) electrons. The Kier molecular flexibility index (Phi) is 8.43. The van der Waals surface area contributed by atoms with E-state index in [1.165, 1.54) is 6.08 Å². The third kappa shape index (κ3) is 6.73. The van der Waals surface area contributed by atoms with E-state index in [9.17, 15) is 14.9 Å². The molecule has 0 aromatic heterocycles. The number of carbonyl (C=O) groups is 2. The number of nitrogens with one attached hydrogen (secondary N) is 1. The maximum absolute atomic E-state index is 12.4. The van der Waals surface area contributed by atoms with E-state index in [2.05, 4.69) is 37.2 Å². The molecule has 0 aliphatic heterocycles. The van der Waals surface area contributed by atoms with Gasteiger partial charge in [0.05, 0.1) is 15.6 Å². The van der Waals surface area contributed by atoms with Crippen LogP contribution in [-0.4, -0.2) is 25.1 Å². The van der Waals surface area contributed by atoms with Crippen molar-refractivity contribution in [3.05, 3.63) is 62.0 Å². The van der Waals surface area contributed by atoms with E-state index < -0.39 is 11.9 Å². The highest BCUT2D eigenvalue weighted by Gasteiger charge is 2.14. The fourth-order valence-corrected chi connectivity index (χ4v) is 3.82. The van der Waals surface area contributed by atoms with E-state index in [1.54, 1.807) is 25.1 Å². The number of nitriles is 1. The lowest BCUT2D eigenvalue weighted by Crippen LogP contribution is -2.15. The number of aryl methyl sites for hydroxylation is 1. The molecule has 150 valence electrons. The average molecular weight is 522 g/mol. The first-order valence-corrected chi connectivity index (χ1v) is 10.2. The standard InChI is InChI=1S/C21H18Br2N2O4/c1-3-28-19(26)12-29-20-17(22)9-14(10-18(20)23)8-15(11-24)21(27)25-16-6-4-5-13(2)7-16/h4-10H,3,12H2,1-2H3,(H,25,27)/b15-8-. The number of ether oxygens (including phenoxy) is 2. The van der Waals surface area contributed by atoms with Gasteiger partial charge in [0, 0.05) is 5.69 Å². The summed E-state index contributed by atoms with van der Waals surface area (Å²) in [5, 5.41) is 12.1. The smallest absolute Gasteiger partial charge is 0.344 e. The summed E-state index contributed by atoms with van der Waals surface area (Å²) in [7, 11) is 0. The van der Waals surface area contributed by atoms with E-state index >= 15 is 0 Å². The quantitative estimate of drug-likeness (QED) is 0.314. The molecule has 29 heavy (non-hydrogen) atoms. The van der Waals surface area contributed by atoms with Crippen molar-refractivity contribution in [3.8, 4) is 11.8 Å². The van der Waals surface area contributed by atoms with Crippen LogP contribution in [0.1, 0.15) is 18.1 Å². The number of hydrogen-bond donors (Lipinski definition) is 1. The van der Waals surface area contributed by atoms with Crippen LogP contribution in [0.4, 0.5) is 5.69 Å². The maximum Gasteiger partial charge on any atom is 0.344 e. The van der Waals surface area contributed by atoms with Gasteiger partial charge in [0.15, 0.2) is 6.61 Å². The first-order valence-electron chi connectivity index (χ1n) is 8.61. The van der Waals surface area contributed by atoms with Gasteiger partial charge in [-0.2, -0.15) is 5.26 Å². The number of benzene rings is 2. The number of amides is 1. The van der Waals surface area contributed by atoms with Gasteiger partial charge in [-0.05, 0) is 87.2 Å². The summed E-state index contributed by atoms with van der Waals surface area (Å²) in [6.07, 6.45) is 1.47. The van der Waals surface area contributed by atoms with E-state index in [0.717, 1.165) is 5.56 Å². The zero-order valence-electron chi connectivity index (χ0n) is 15.8. The van der Waals surface area contributed by atoms with Crippen molar-refractivity contribution in [2.45, 2.75) is 13.8 Å². The zero-order chi connectivity index (χ0) is 21.4. The molecule has 0 bridgehead atoms. The summed E-state index contributed by atoms with van der Waals surface area (Å²) < 4.78 is 11.4. The molecule has 1 amide bonds. The molecule has 8 heteroatoms. The largest absolute Gasteiger partial charge is 0.480 e. The van der Waals surface area contributed by atoms with Crippen LogP contribution >= 0.6 is 31.9 Å². The number of hydrogen-bond acceptors (Lipinski definition) is 5. The Morgan fingerprint density at radius 1 is 1.21 bits per heavy atom. The number of nitrogens with zero attached hydrogens (tertiary/aromatic N) is 1. The molecule has 0 fully saturated rings. The SMILES string of the molecule is CCOC(=O)COc1c(Br)cc(/C=C(/C#N)C(=O)Nc2cccc(C)c2)cc1Br. The van der Waals surface area contributed by atoms with Crippen molar-refractivity contribution in [2.75, 3.05) is 18.5 Å². The monoisotopic (exact) mass is 520 g/mol. The molecule has 2 aromatic rings. The first kappa shape index (κ1) is 22.7. The molecule has 0 saturated heterocycles. The van der Waals surface area contributed by atoms with Gasteiger partial charge in [-0.3, -0.25) is 4.79 Å². The van der Waals surface area contributed by atoms with Crippen molar-refractivity contribution >= 4 is 55.5 Å². The average Bonchev–Trinajstić information content (AvgIpc) is 2.65. The van der Waals surface area contributed by atoms with E-state index in [0.29, 0.717) is 25.9 Å². The van der Waals surface area contributed by atoms with Crippen LogP contribution in [0.15, 0.2) is 50.9 Å². The molecule has 6 nitrogen and oxygen atoms in total. The molecule has 0 heterocycles. The van der Waals surface area contributed by atoms with Gasteiger partial charge >= 0.3 is 5.97 Å². The minimum atomic E-state index is -0.506. The lowest BCUT2D eigenvalue weighted by Gasteiger charge is -2.11. The van der Waals surface area contributed by atoms with Gasteiger partial charge < -0.3 is 14.8 Å². The van der Waals surface area contributed by atoms with E-state index in [-0.39, 0.29) is 18.8 Å². The van der Waals surface area contributed by atoms with Gasteiger partial charge in [0.2, 0.25) is 0 Å². The Morgan fingerprint density at radius 2 is 1.90 bits per heavy atom. The fraction of sp³-hybridized carbons (Fsp3) is 0.190. The molecule has 0 unspecified atom stereocenters. The minimum Gasteiger partial charge on any atom is -0.480 e. The fourth-order valence-electron chi connectivity index (χ4n) is 2.37. The number of anilines is 1. The second kappa shape index (κ2) is 10.8. The second-order valence-electron chi connectivity index (χ2n) is 5.90. The highest BCUT2D eigenvalue weighted by atomic mass is 79.9. The van der Waals surface area contributed by atoms with Gasteiger partial charge in [0.1, 0.15) is 17.4 Å². The third-order valence-corrected chi connectivity index (χ3v) is 4.79. The Bertz CT molecular complexity index is 973. The zero-order valence-corrected chi connectivity index (χ0v) is 19.0. The van der Waals surface area contributed by atoms with Crippen molar-refractivity contribution in [1.82, 2.24) is 0 Å². The summed E-state index contributed by atoms with van der Waals surface area (Å²) in [6, 6.07) is 12.6. The van der Waals surface area contributed by atoms with Crippen molar-refractivity contribution in [1.29, 1.82) is 5.26 Å². The van der Waals surface area contributed by atoms with Gasteiger partial charge in [0.25, 0.3) is 5.91 Å². The van der Waals surface area contributed by atoms with E-state index in [1.807, 2.05) is 31.2 Å². The summed E-state index contributed by atoms with van der Waals surface area (Å²) in [5.41, 5.74) is 2.16. The summed E-state index contributed by atoms with van der Waals surface area (Å²) in [5.74, 6) is -0.569. The number of carbonyl (C=O) groups excluding carboxylic acids is 2. The first-order chi connectivity index (χ1) is 13.8. The number of rotatable bonds is 7. The van der Waals surface area contributed by atoms with Crippen LogP contribution in [0.5, 0.6) is 5.75 Å². The Labute approximate surface area is 185 Å². The predicted molar refractivity (Wildman–Crippen MR) is 117 cm³/mol. The lowest BCUT2D eigenvalue weighted by molar-refractivity contribution is -0.145. The molecule has 0 spiro atoms. The molecule has 0 atom stereocenters. The van der Waals surface area contributed by atoms with Crippen LogP contribution in [0.3, 0.4) is 0 Å². The molecule has 1 N–H and O–H groups in total. The topological polar surface area (TPSA) is 88.4 Å².